The molecule has 2 N–H and O–H groups in total. The average Bonchev–Trinajstić information content (AvgIpc) is 3.65. The van der Waals surface area contributed by atoms with E-state index in [1.807, 2.05) is 0 Å². The number of aliphatic hydroxyl groups is 2. The molecule has 5 aromatic rings. The molecule has 16 heteroatoms. The highest BCUT2D eigenvalue weighted by Crippen LogP contribution is 2.68. The zero-order chi connectivity index (χ0) is 41.3. The maximum Gasteiger partial charge on any atom is 0.293 e. The molecular formula is C41H36ClF6N5O4. The van der Waals surface area contributed by atoms with Gasteiger partial charge in [-0.3, -0.25) is 19.0 Å². The van der Waals surface area contributed by atoms with Gasteiger partial charge in [0.25, 0.3) is 12.3 Å². The molecule has 298 valence electrons. The molecule has 1 fully saturated rings. The highest BCUT2D eigenvalue weighted by Gasteiger charge is 2.67. The summed E-state index contributed by atoms with van der Waals surface area (Å²) in [6.45, 7) is 3.46. The molecule has 57 heavy (non-hydrogen) atoms. The number of aromatic nitrogens is 5. The predicted molar refractivity (Wildman–Crippen MR) is 197 cm³/mol. The number of nitrogens with zero attached hydrogens (tertiary/aromatic N) is 5. The number of Topliss-reactive ketones (excluding diaryl/α,β-unsaturated/α-hetero) is 2. The maximum absolute atomic E-state index is 15.4. The van der Waals surface area contributed by atoms with Crippen LogP contribution in [-0.2, 0) is 41.9 Å². The number of rotatable bonds is 12. The van der Waals surface area contributed by atoms with Gasteiger partial charge in [0.15, 0.2) is 11.6 Å². The average molecular weight is 812 g/mol. The third-order valence-electron chi connectivity index (χ3n) is 10.3. The van der Waals surface area contributed by atoms with Crippen LogP contribution in [0.3, 0.4) is 0 Å². The molecule has 0 spiro atoms. The maximum atomic E-state index is 15.4. The van der Waals surface area contributed by atoms with Gasteiger partial charge in [-0.05, 0) is 81.3 Å². The summed E-state index contributed by atoms with van der Waals surface area (Å²) in [6, 6.07) is 9.24. The first-order chi connectivity index (χ1) is 26.7. The van der Waals surface area contributed by atoms with E-state index in [0.717, 1.165) is 12.1 Å². The SMILES string of the molecule is C[C@H](O)C(=O)Cc1nn(C)c2c(-c3ccc(C#CC(C)(C)O)nc3[C@@H](CC(=O)Cn3nc(C(F)F)c4c3C(F)(F)[C@@H]3C[C@H]43)Cc3cc(F)cc(F)c3)ccc(Cl)c12. The summed E-state index contributed by atoms with van der Waals surface area (Å²) in [5.74, 6) is -3.95. The number of fused-ring (bicyclic) bond motifs is 4. The lowest BCUT2D eigenvalue weighted by molar-refractivity contribution is -0.125. The van der Waals surface area contributed by atoms with Crippen molar-refractivity contribution in [3.05, 3.63) is 98.7 Å². The van der Waals surface area contributed by atoms with E-state index in [0.29, 0.717) is 32.8 Å². The predicted octanol–water partition coefficient (Wildman–Crippen LogP) is 7.51. The molecule has 4 atom stereocenters. The van der Waals surface area contributed by atoms with Crippen LogP contribution in [0.1, 0.15) is 91.5 Å². The monoisotopic (exact) mass is 811 g/mol. The largest absolute Gasteiger partial charge is 0.386 e. The number of benzene rings is 2. The van der Waals surface area contributed by atoms with Crippen LogP contribution in [0, 0.1) is 29.4 Å². The molecule has 0 unspecified atom stereocenters. The van der Waals surface area contributed by atoms with E-state index in [2.05, 4.69) is 22.0 Å². The minimum Gasteiger partial charge on any atom is -0.386 e. The van der Waals surface area contributed by atoms with E-state index in [4.69, 9.17) is 16.6 Å². The highest BCUT2D eigenvalue weighted by molar-refractivity contribution is 6.36. The smallest absolute Gasteiger partial charge is 0.293 e. The Bertz CT molecular complexity index is 2490. The number of hydrogen-bond donors (Lipinski definition) is 2. The van der Waals surface area contributed by atoms with Gasteiger partial charge in [-0.1, -0.05) is 23.6 Å². The summed E-state index contributed by atoms with van der Waals surface area (Å²) in [4.78, 5) is 31.4. The lowest BCUT2D eigenvalue weighted by Crippen LogP contribution is -2.24. The Hall–Kier alpha value is -5.04. The van der Waals surface area contributed by atoms with Crippen LogP contribution < -0.4 is 0 Å². The lowest BCUT2D eigenvalue weighted by atomic mass is 9.86. The van der Waals surface area contributed by atoms with Crippen molar-refractivity contribution >= 4 is 34.1 Å². The lowest BCUT2D eigenvalue weighted by Gasteiger charge is -2.22. The fourth-order valence-electron chi connectivity index (χ4n) is 7.78. The molecule has 0 saturated heterocycles. The topological polar surface area (TPSA) is 123 Å². The zero-order valence-corrected chi connectivity index (χ0v) is 31.8. The number of aryl methyl sites for hydroxylation is 1. The summed E-state index contributed by atoms with van der Waals surface area (Å²) < 4.78 is 90.2. The normalized spacial score (nSPS) is 17.9. The number of pyridine rings is 1. The van der Waals surface area contributed by atoms with Gasteiger partial charge in [0.2, 0.25) is 0 Å². The molecule has 2 aliphatic carbocycles. The van der Waals surface area contributed by atoms with Gasteiger partial charge in [-0.15, -0.1) is 0 Å². The van der Waals surface area contributed by atoms with Crippen LogP contribution in [0.2, 0.25) is 5.02 Å². The van der Waals surface area contributed by atoms with Crippen molar-refractivity contribution in [3.63, 3.8) is 0 Å². The first-order valence-corrected chi connectivity index (χ1v) is 18.5. The summed E-state index contributed by atoms with van der Waals surface area (Å²) in [5.41, 5.74) is -1.16. The molecule has 1 saturated carbocycles. The Balaban J connectivity index is 1.38. The zero-order valence-electron chi connectivity index (χ0n) is 31.1. The molecular weight excluding hydrogens is 776 g/mol. The van der Waals surface area contributed by atoms with Crippen molar-refractivity contribution in [1.82, 2.24) is 24.5 Å². The number of alkyl halides is 4. The van der Waals surface area contributed by atoms with Gasteiger partial charge in [0.05, 0.1) is 28.3 Å². The Morgan fingerprint density at radius 1 is 1.05 bits per heavy atom. The van der Waals surface area contributed by atoms with E-state index < -0.39 is 89.4 Å². The van der Waals surface area contributed by atoms with Crippen LogP contribution in [-0.4, -0.2) is 58.0 Å². The number of ketones is 2. The molecule has 3 heterocycles. The van der Waals surface area contributed by atoms with Crippen LogP contribution in [0.4, 0.5) is 26.3 Å². The first-order valence-electron chi connectivity index (χ1n) is 18.1. The van der Waals surface area contributed by atoms with E-state index >= 15 is 8.78 Å². The van der Waals surface area contributed by atoms with Crippen molar-refractivity contribution in [2.45, 2.75) is 88.9 Å². The van der Waals surface area contributed by atoms with Crippen molar-refractivity contribution in [2.24, 2.45) is 13.0 Å². The van der Waals surface area contributed by atoms with E-state index in [1.165, 1.54) is 25.5 Å². The van der Waals surface area contributed by atoms with Gasteiger partial charge < -0.3 is 10.2 Å². The van der Waals surface area contributed by atoms with Gasteiger partial charge in [0.1, 0.15) is 47.0 Å². The Kier molecular flexibility index (Phi) is 10.4. The van der Waals surface area contributed by atoms with Gasteiger partial charge in [-0.2, -0.15) is 19.0 Å². The molecule has 2 aliphatic rings. The summed E-state index contributed by atoms with van der Waals surface area (Å²) in [5, 5.41) is 29.2. The van der Waals surface area contributed by atoms with Crippen molar-refractivity contribution in [3.8, 4) is 23.0 Å². The second-order valence-electron chi connectivity index (χ2n) is 15.2. The van der Waals surface area contributed by atoms with Crippen LogP contribution >= 0.6 is 11.6 Å². The van der Waals surface area contributed by atoms with Gasteiger partial charge in [-0.25, -0.2) is 22.5 Å². The Morgan fingerprint density at radius 2 is 1.74 bits per heavy atom. The van der Waals surface area contributed by atoms with Crippen molar-refractivity contribution in [1.29, 1.82) is 0 Å². The van der Waals surface area contributed by atoms with Crippen LogP contribution in [0.25, 0.3) is 22.0 Å². The van der Waals surface area contributed by atoms with Crippen molar-refractivity contribution < 1.29 is 46.1 Å². The van der Waals surface area contributed by atoms with Gasteiger partial charge >= 0.3 is 0 Å². The fraction of sp³-hybridized carbons (Fsp3) is 0.390. The van der Waals surface area contributed by atoms with Gasteiger partial charge in [0, 0.05) is 53.4 Å². The number of carbonyl (C=O) groups is 2. The van der Waals surface area contributed by atoms with Crippen molar-refractivity contribution in [2.75, 3.05) is 0 Å². The Labute approximate surface area is 327 Å². The molecule has 2 aromatic carbocycles. The molecule has 3 aromatic heterocycles. The van der Waals surface area contributed by atoms with Crippen LogP contribution in [0.15, 0.2) is 42.5 Å². The number of hydrogen-bond acceptors (Lipinski definition) is 7. The quantitative estimate of drug-likeness (QED) is 0.0988. The highest BCUT2D eigenvalue weighted by atomic mass is 35.5. The first kappa shape index (κ1) is 40.2. The molecule has 0 amide bonds. The summed E-state index contributed by atoms with van der Waals surface area (Å²) >= 11 is 6.68. The minimum absolute atomic E-state index is 0.0414. The fourth-order valence-corrected chi connectivity index (χ4v) is 8.04. The second kappa shape index (κ2) is 14.7. The standard InChI is InChI=1S/C41H36ClF6N5O4/c1-19(54)32(56)17-31-34-30(42)8-7-27(37(34)52(4)50-31)26-6-5-24(9-10-40(2,3)57)49-35(26)21(11-20-12-22(43)15-23(44)13-20)14-25(55)18-53-38-33(36(51-53)39(45)46)28-16-29(28)41(38,47)48/h5-8,12-13,15,19,21,28-29,39,54,57H,11,14,16-18H2,1-4H3/t19-,21+,28-,29+/m0/s1. The van der Waals surface area contributed by atoms with E-state index in [-0.39, 0.29) is 52.5 Å². The molecule has 0 aliphatic heterocycles. The number of aliphatic hydroxyl groups excluding tert-OH is 1. The summed E-state index contributed by atoms with van der Waals surface area (Å²) in [6.07, 6.45) is -5.31. The second-order valence-corrected chi connectivity index (χ2v) is 15.7. The number of halogens is 7. The summed E-state index contributed by atoms with van der Waals surface area (Å²) in [7, 11) is 1.61. The third-order valence-corrected chi connectivity index (χ3v) is 10.6. The third kappa shape index (κ3) is 7.82. The van der Waals surface area contributed by atoms with E-state index in [1.54, 1.807) is 31.3 Å². The number of carbonyl (C=O) groups excluding carboxylic acids is 2. The molecule has 7 rings (SSSR count). The Morgan fingerprint density at radius 3 is 2.39 bits per heavy atom. The molecule has 0 radical (unpaired) electrons. The molecule has 0 bridgehead atoms. The van der Waals surface area contributed by atoms with E-state index in [9.17, 15) is 37.4 Å². The molecule has 9 nitrogen and oxygen atoms in total. The minimum atomic E-state index is -3.47. The van der Waals surface area contributed by atoms with Crippen LogP contribution in [0.5, 0.6) is 0 Å².